The number of aromatic nitrogens is 4. The highest BCUT2D eigenvalue weighted by atomic mass is 32.1. The van der Waals surface area contributed by atoms with Gasteiger partial charge in [-0.05, 0) is 146 Å². The van der Waals surface area contributed by atoms with Crippen LogP contribution in [0, 0.1) is 46.9 Å². The summed E-state index contributed by atoms with van der Waals surface area (Å²) in [5.41, 5.74) is 6.77. The molecule has 8 heterocycles. The molecule has 0 saturated heterocycles. The molecule has 0 N–H and O–H groups in total. The molecule has 0 aliphatic carbocycles. The van der Waals surface area contributed by atoms with Crippen molar-refractivity contribution in [3.63, 3.8) is 0 Å². The summed E-state index contributed by atoms with van der Waals surface area (Å²) in [6.45, 7) is 31.1. The van der Waals surface area contributed by atoms with E-state index in [0.29, 0.717) is 59.3 Å². The fourth-order valence-electron chi connectivity index (χ4n) is 11.0. The molecule has 0 amide bonds. The maximum Gasteiger partial charge on any atom is 0.170 e. The summed E-state index contributed by atoms with van der Waals surface area (Å²) >= 11 is 11.4. The molecule has 0 unspecified atom stereocenters. The first-order valence-electron chi connectivity index (χ1n) is 28.1. The first-order valence-corrected chi connectivity index (χ1v) is 34.5. The number of benzene rings is 2. The van der Waals surface area contributed by atoms with Crippen LogP contribution in [0.5, 0.6) is 0 Å². The molecular weight excluding hydrogens is 1160 g/mol. The van der Waals surface area contributed by atoms with E-state index in [1.807, 2.05) is 41.7 Å². The van der Waals surface area contributed by atoms with Crippen LogP contribution in [0.2, 0.25) is 0 Å². The summed E-state index contributed by atoms with van der Waals surface area (Å²) < 4.78 is 87.0. The number of hydrogen-bond donors (Lipinski definition) is 0. The number of thiophene rings is 6. The molecule has 0 atom stereocenters. The third-order valence-corrected chi connectivity index (χ3v) is 25.2. The highest BCUT2D eigenvalue weighted by Crippen LogP contribution is 2.54. The van der Waals surface area contributed by atoms with Crippen molar-refractivity contribution in [2.45, 2.75) is 159 Å². The predicted octanol–water partition coefficient (Wildman–Crippen LogP) is 23.2. The van der Waals surface area contributed by atoms with Crippen molar-refractivity contribution in [3.8, 4) is 71.0 Å². The van der Waals surface area contributed by atoms with Gasteiger partial charge in [-0.3, -0.25) is 0 Å². The molecule has 4 nitrogen and oxygen atoms in total. The minimum Gasteiger partial charge on any atom is -0.203 e. The van der Waals surface area contributed by atoms with Crippen LogP contribution in [0.25, 0.3) is 93.1 Å². The average molecular weight is 1230 g/mol. The fraction of sp³-hybridized carbons (Fsp3) is 0.438. The van der Waals surface area contributed by atoms with Crippen molar-refractivity contribution in [1.29, 1.82) is 0 Å². The Balaban J connectivity index is 1.05. The second-order valence-corrected chi connectivity index (χ2v) is 31.2. The van der Waals surface area contributed by atoms with Gasteiger partial charge in [0.15, 0.2) is 23.3 Å². The molecule has 0 spiro atoms. The third-order valence-electron chi connectivity index (χ3n) is 16.1. The van der Waals surface area contributed by atoms with Crippen molar-refractivity contribution < 1.29 is 17.6 Å². The first-order chi connectivity index (χ1) is 38.1. The van der Waals surface area contributed by atoms with E-state index in [9.17, 15) is 0 Å². The van der Waals surface area contributed by atoms with Gasteiger partial charge in [0.1, 0.15) is 22.1 Å². The van der Waals surface area contributed by atoms with Crippen molar-refractivity contribution in [2.75, 3.05) is 0 Å². The highest BCUT2D eigenvalue weighted by Gasteiger charge is 2.34. The van der Waals surface area contributed by atoms with Gasteiger partial charge in [0.25, 0.3) is 0 Å². The van der Waals surface area contributed by atoms with Crippen LogP contribution in [0.4, 0.5) is 17.6 Å². The average Bonchev–Trinajstić information content (AvgIpc) is 4.38. The molecule has 0 fully saturated rings. The van der Waals surface area contributed by atoms with Crippen LogP contribution in [-0.4, -0.2) is 17.5 Å². The van der Waals surface area contributed by atoms with Gasteiger partial charge in [-0.2, -0.15) is 17.5 Å². The van der Waals surface area contributed by atoms with Crippen molar-refractivity contribution in [2.24, 2.45) is 23.7 Å². The van der Waals surface area contributed by atoms with Gasteiger partial charge in [0.2, 0.25) is 0 Å². The topological polar surface area (TPSA) is 51.6 Å². The molecule has 10 aromatic rings. The Morgan fingerprint density at radius 1 is 0.375 bits per heavy atom. The van der Waals surface area contributed by atoms with Crippen LogP contribution in [0.15, 0.2) is 48.5 Å². The zero-order valence-electron chi connectivity index (χ0n) is 48.2. The van der Waals surface area contributed by atoms with Gasteiger partial charge >= 0.3 is 0 Å². The van der Waals surface area contributed by atoms with Crippen LogP contribution in [-0.2, 0) is 36.5 Å². The zero-order valence-corrected chi connectivity index (χ0v) is 54.7. The lowest BCUT2D eigenvalue weighted by molar-refractivity contribution is 0.442. The molecule has 2 aromatic carbocycles. The minimum absolute atomic E-state index is 0.0517. The summed E-state index contributed by atoms with van der Waals surface area (Å²) in [7, 11) is 0. The van der Waals surface area contributed by atoms with E-state index in [0.717, 1.165) is 121 Å². The van der Waals surface area contributed by atoms with Gasteiger partial charge in [-0.15, -0.1) is 68.0 Å². The Labute approximate surface area is 502 Å². The van der Waals surface area contributed by atoms with Crippen molar-refractivity contribution in [3.05, 3.63) is 104 Å². The largest absolute Gasteiger partial charge is 0.203 e. The van der Waals surface area contributed by atoms with E-state index in [1.54, 1.807) is 22.7 Å². The van der Waals surface area contributed by atoms with Crippen LogP contribution < -0.4 is 0 Å². The van der Waals surface area contributed by atoms with Gasteiger partial charge < -0.3 is 0 Å². The summed E-state index contributed by atoms with van der Waals surface area (Å²) in [6.07, 6.45) is 7.25. The molecule has 0 aliphatic rings. The maximum atomic E-state index is 17.5. The molecule has 8 aromatic heterocycles. The number of fused-ring (bicyclic) bond motifs is 2. The summed E-state index contributed by atoms with van der Waals surface area (Å²) in [5, 5.41) is 0. The third kappa shape index (κ3) is 10.9. The van der Waals surface area contributed by atoms with Crippen molar-refractivity contribution in [1.82, 2.24) is 17.5 Å². The normalized spacial score (nSPS) is 12.7. The van der Waals surface area contributed by atoms with E-state index in [-0.39, 0.29) is 39.0 Å². The highest BCUT2D eigenvalue weighted by molar-refractivity contribution is 7.28. The van der Waals surface area contributed by atoms with E-state index in [4.69, 9.17) is 8.75 Å². The smallest absolute Gasteiger partial charge is 0.170 e. The van der Waals surface area contributed by atoms with Crippen molar-refractivity contribution >= 4 is 114 Å². The molecule has 0 bridgehead atoms. The minimum atomic E-state index is -0.928. The van der Waals surface area contributed by atoms with E-state index in [1.165, 1.54) is 49.3 Å². The standard InChI is InChI=1S/C64H70F4N4S8/c1-15-63(13,16-2)46-22-21-40(74-46)48-52(66)51(65)47(55-56(48)70-79-69-55)39-19-20-41(73-39)59-37(25-33(9)10)29-44(77-59)60-35(23-31(5)6)27-42(75-60)49-53(67)54(68)50(58-57(49)71-80-72-58)43-28-36(24-32(7)8)61(76-43)45-30-38(26-34(11)12)62(78-45)64(14,17-3)18-4/h19-22,27-34H,15-18,23-26H2,1-14H3. The molecule has 10 rings (SSSR count). The second kappa shape index (κ2) is 23.6. The lowest BCUT2D eigenvalue weighted by atomic mass is 9.80. The van der Waals surface area contributed by atoms with E-state index in [2.05, 4.69) is 124 Å². The summed E-state index contributed by atoms with van der Waals surface area (Å²) in [4.78, 5) is 11.3. The Morgan fingerprint density at radius 2 is 0.700 bits per heavy atom. The molecule has 0 saturated carbocycles. The Kier molecular flexibility index (Phi) is 17.4. The SMILES string of the molecule is CCC(C)(CC)c1ccc(-c2c(F)c(F)c(-c3ccc(-c4sc(-c5sc(-c6c(F)c(F)c(-c7cc(CC(C)C)c(-c8cc(CC(C)C)c(C(C)(CC)CC)s8)s7)c7nsnc67)cc5CC(C)C)cc4CC(C)C)s3)c3nsnc23)s1. The molecule has 0 radical (unpaired) electrons. The molecule has 0 aliphatic heterocycles. The lowest BCUT2D eigenvalue weighted by Crippen LogP contribution is -2.20. The van der Waals surface area contributed by atoms with E-state index < -0.39 is 23.3 Å². The molecule has 422 valence electrons. The first kappa shape index (κ1) is 59.2. The quantitative estimate of drug-likeness (QED) is 0.0673. The van der Waals surface area contributed by atoms with Gasteiger partial charge in [-0.1, -0.05) is 96.9 Å². The number of hydrogen-bond acceptors (Lipinski definition) is 12. The zero-order chi connectivity index (χ0) is 57.3. The van der Waals surface area contributed by atoms with Gasteiger partial charge in [0, 0.05) is 69.4 Å². The number of halogens is 4. The van der Waals surface area contributed by atoms with E-state index >= 15 is 17.6 Å². The lowest BCUT2D eigenvalue weighted by Gasteiger charge is -2.27. The van der Waals surface area contributed by atoms with Gasteiger partial charge in [-0.25, -0.2) is 17.6 Å². The number of rotatable bonds is 21. The molecular formula is C64H70F4N4S8. The predicted molar refractivity (Wildman–Crippen MR) is 344 cm³/mol. The molecule has 16 heteroatoms. The summed E-state index contributed by atoms with van der Waals surface area (Å²) in [6, 6.07) is 16.5. The summed E-state index contributed by atoms with van der Waals surface area (Å²) in [5.74, 6) is -2.23. The Morgan fingerprint density at radius 3 is 1.12 bits per heavy atom. The van der Waals surface area contributed by atoms with Crippen LogP contribution in [0.3, 0.4) is 0 Å². The fourth-order valence-corrected chi connectivity index (χ4v) is 20.1. The van der Waals surface area contributed by atoms with Crippen LogP contribution in [0.1, 0.15) is 155 Å². The monoisotopic (exact) mass is 1230 g/mol. The molecule has 80 heavy (non-hydrogen) atoms. The maximum absolute atomic E-state index is 17.5. The number of nitrogens with zero attached hydrogens (tertiary/aromatic N) is 4. The van der Waals surface area contributed by atoms with Crippen LogP contribution >= 0.6 is 91.5 Å². The Hall–Kier alpha value is -4.00. The second-order valence-electron chi connectivity index (χ2n) is 23.8. The Bertz CT molecular complexity index is 3860. The van der Waals surface area contributed by atoms with Gasteiger partial charge in [0.05, 0.1) is 45.7 Å².